The molecule has 0 saturated heterocycles. The van der Waals surface area contributed by atoms with Gasteiger partial charge in [-0.15, -0.1) is 11.8 Å². The Labute approximate surface area is 349 Å². The molecule has 2 aliphatic heterocycles. The standard InChI is InChI=1S/C54H69N2S/c1-9-13-21-39(12-4)38-57-52-42(30-34-48-53(5,6)50-44-26-18-16-22-40(44)28-32-46(50)55(48)36-14-10-2)24-20-25-43(52)31-35-49-54(7,8)51-45-27-19-17-23-41(45)29-33-47(51)56(49)37-15-11-3/h16-19,22-23,26-35,39H,9-15,20-21,24-25,36-38H2,1-8H3/q+1. The number of anilines is 1. The molecule has 4 aromatic rings. The van der Waals surface area contributed by atoms with E-state index in [1.165, 1.54) is 130 Å². The van der Waals surface area contributed by atoms with Gasteiger partial charge in [0.1, 0.15) is 6.54 Å². The Morgan fingerprint density at radius 1 is 0.719 bits per heavy atom. The molecule has 2 nitrogen and oxygen atoms in total. The van der Waals surface area contributed by atoms with Gasteiger partial charge in [-0.3, -0.25) is 0 Å². The van der Waals surface area contributed by atoms with Crippen molar-refractivity contribution in [2.45, 2.75) is 137 Å². The van der Waals surface area contributed by atoms with Crippen molar-refractivity contribution in [1.82, 2.24) is 0 Å². The van der Waals surface area contributed by atoms with Crippen LogP contribution in [0.15, 0.2) is 119 Å². The second kappa shape index (κ2) is 18.0. The molecule has 1 atom stereocenters. The fourth-order valence-electron chi connectivity index (χ4n) is 10.0. The van der Waals surface area contributed by atoms with E-state index in [2.05, 4.69) is 174 Å². The molecule has 0 radical (unpaired) electrons. The van der Waals surface area contributed by atoms with Crippen LogP contribution >= 0.6 is 11.8 Å². The lowest BCUT2D eigenvalue weighted by Crippen LogP contribution is -2.28. The molecule has 0 spiro atoms. The Bertz CT molecular complexity index is 2240. The molecule has 3 heteroatoms. The summed E-state index contributed by atoms with van der Waals surface area (Å²) >= 11 is 2.16. The lowest BCUT2D eigenvalue weighted by Gasteiger charge is -2.28. The fourth-order valence-corrected chi connectivity index (χ4v) is 11.6. The minimum Gasteiger partial charge on any atom is -0.344 e. The first-order valence-electron chi connectivity index (χ1n) is 22.6. The van der Waals surface area contributed by atoms with Crippen LogP contribution in [0.25, 0.3) is 21.5 Å². The SMILES string of the molecule is CCCCC(CC)CSC1=C(/C=C/C2=[N+](CCCC)c3ccc4ccccc4c3C2(C)C)CCC/C1=C\C=C1\N(CCCC)c2ccc3ccccc3c2C1(C)C. The van der Waals surface area contributed by atoms with Gasteiger partial charge in [0.25, 0.3) is 0 Å². The summed E-state index contributed by atoms with van der Waals surface area (Å²) in [4.78, 5) is 4.20. The summed E-state index contributed by atoms with van der Waals surface area (Å²) in [6.07, 6.45) is 23.6. The van der Waals surface area contributed by atoms with Crippen molar-refractivity contribution < 1.29 is 4.58 Å². The van der Waals surface area contributed by atoms with Gasteiger partial charge in [-0.2, -0.15) is 4.58 Å². The van der Waals surface area contributed by atoms with Crippen molar-refractivity contribution in [3.8, 4) is 0 Å². The Balaban J connectivity index is 1.32. The van der Waals surface area contributed by atoms with Crippen molar-refractivity contribution in [3.63, 3.8) is 0 Å². The van der Waals surface area contributed by atoms with Gasteiger partial charge in [0, 0.05) is 58.1 Å². The maximum absolute atomic E-state index is 2.66. The van der Waals surface area contributed by atoms with Crippen LogP contribution in [0.1, 0.15) is 137 Å². The van der Waals surface area contributed by atoms with E-state index in [0.29, 0.717) is 0 Å². The van der Waals surface area contributed by atoms with Crippen LogP contribution in [0, 0.1) is 5.92 Å². The quantitative estimate of drug-likeness (QED) is 0.105. The van der Waals surface area contributed by atoms with E-state index in [-0.39, 0.29) is 10.8 Å². The van der Waals surface area contributed by atoms with Crippen LogP contribution < -0.4 is 4.90 Å². The van der Waals surface area contributed by atoms with E-state index in [4.69, 9.17) is 0 Å². The highest BCUT2D eigenvalue weighted by molar-refractivity contribution is 8.03. The van der Waals surface area contributed by atoms with Crippen molar-refractivity contribution in [2.24, 2.45) is 5.92 Å². The molecule has 0 bridgehead atoms. The van der Waals surface area contributed by atoms with E-state index in [1.54, 1.807) is 4.91 Å². The number of fused-ring (bicyclic) bond motifs is 6. The summed E-state index contributed by atoms with van der Waals surface area (Å²) in [6, 6.07) is 27.4. The third kappa shape index (κ3) is 8.12. The number of unbranched alkanes of at least 4 members (excludes halogenated alkanes) is 3. The number of nitrogens with zero attached hydrogens (tertiary/aromatic N) is 2. The maximum atomic E-state index is 2.66. The number of hydrogen-bond acceptors (Lipinski definition) is 2. The van der Waals surface area contributed by atoms with E-state index in [9.17, 15) is 0 Å². The molecular weight excluding hydrogens is 709 g/mol. The molecule has 57 heavy (non-hydrogen) atoms. The van der Waals surface area contributed by atoms with Gasteiger partial charge in [0.2, 0.25) is 5.69 Å². The van der Waals surface area contributed by atoms with Gasteiger partial charge in [0.05, 0.1) is 5.41 Å². The smallest absolute Gasteiger partial charge is 0.210 e. The molecule has 0 fully saturated rings. The Morgan fingerprint density at radius 2 is 1.40 bits per heavy atom. The second-order valence-corrected chi connectivity index (χ2v) is 19.1. The van der Waals surface area contributed by atoms with Gasteiger partial charge < -0.3 is 4.90 Å². The zero-order valence-corrected chi connectivity index (χ0v) is 37.3. The molecule has 3 aliphatic rings. The van der Waals surface area contributed by atoms with Gasteiger partial charge >= 0.3 is 0 Å². The van der Waals surface area contributed by atoms with E-state index >= 15 is 0 Å². The second-order valence-electron chi connectivity index (χ2n) is 18.0. The van der Waals surface area contributed by atoms with E-state index < -0.39 is 0 Å². The normalized spacial score (nSPS) is 19.5. The molecule has 0 amide bonds. The van der Waals surface area contributed by atoms with E-state index in [1.807, 2.05) is 0 Å². The zero-order chi connectivity index (χ0) is 40.2. The first-order chi connectivity index (χ1) is 27.6. The molecule has 1 aliphatic carbocycles. The van der Waals surface area contributed by atoms with Crippen LogP contribution in [0.4, 0.5) is 11.4 Å². The topological polar surface area (TPSA) is 6.25 Å². The number of rotatable bonds is 16. The van der Waals surface area contributed by atoms with Crippen LogP contribution in [-0.4, -0.2) is 29.1 Å². The predicted molar refractivity (Wildman–Crippen MR) is 253 cm³/mol. The average Bonchev–Trinajstić information content (AvgIpc) is 3.58. The molecule has 4 aromatic carbocycles. The van der Waals surface area contributed by atoms with Crippen LogP contribution in [-0.2, 0) is 10.8 Å². The fraction of sp³-hybridized carbons (Fsp3) is 0.463. The molecule has 2 heterocycles. The third-order valence-electron chi connectivity index (χ3n) is 13.3. The summed E-state index contributed by atoms with van der Waals surface area (Å²) < 4.78 is 2.66. The summed E-state index contributed by atoms with van der Waals surface area (Å²) in [6.45, 7) is 21.3. The number of hydrogen-bond donors (Lipinski definition) is 0. The summed E-state index contributed by atoms with van der Waals surface area (Å²) in [5.74, 6) is 1.95. The summed E-state index contributed by atoms with van der Waals surface area (Å²) in [5.41, 5.74) is 11.5. The Hall–Kier alpha value is -3.82. The summed E-state index contributed by atoms with van der Waals surface area (Å²) in [7, 11) is 0. The number of thioether (sulfide) groups is 1. The average molecular weight is 778 g/mol. The van der Waals surface area contributed by atoms with Crippen molar-refractivity contribution in [2.75, 3.05) is 23.7 Å². The molecule has 1 unspecified atom stereocenters. The Kier molecular flexibility index (Phi) is 13.0. The monoisotopic (exact) mass is 778 g/mol. The van der Waals surface area contributed by atoms with Gasteiger partial charge in [0.15, 0.2) is 5.71 Å². The molecule has 0 saturated carbocycles. The van der Waals surface area contributed by atoms with Crippen LogP contribution in [0.2, 0.25) is 0 Å². The van der Waals surface area contributed by atoms with Crippen molar-refractivity contribution in [3.05, 3.63) is 130 Å². The van der Waals surface area contributed by atoms with Gasteiger partial charge in [-0.1, -0.05) is 140 Å². The molecule has 7 rings (SSSR count). The first kappa shape index (κ1) is 41.3. The van der Waals surface area contributed by atoms with Crippen molar-refractivity contribution >= 4 is 50.4 Å². The summed E-state index contributed by atoms with van der Waals surface area (Å²) in [5, 5.41) is 5.47. The molecule has 0 N–H and O–H groups in total. The lowest BCUT2D eigenvalue weighted by atomic mass is 9.78. The first-order valence-corrected chi connectivity index (χ1v) is 23.6. The predicted octanol–water partition coefficient (Wildman–Crippen LogP) is 15.5. The van der Waals surface area contributed by atoms with Gasteiger partial charge in [-0.25, -0.2) is 0 Å². The molecule has 0 aromatic heterocycles. The highest BCUT2D eigenvalue weighted by atomic mass is 32.2. The number of allylic oxidation sites excluding steroid dienone is 7. The molecular formula is C54H69N2S+. The zero-order valence-electron chi connectivity index (χ0n) is 36.5. The maximum Gasteiger partial charge on any atom is 0.210 e. The van der Waals surface area contributed by atoms with Crippen LogP contribution in [0.3, 0.4) is 0 Å². The highest BCUT2D eigenvalue weighted by Gasteiger charge is 2.45. The Morgan fingerprint density at radius 3 is 2.11 bits per heavy atom. The minimum atomic E-state index is -0.0886. The number of benzene rings is 4. The van der Waals surface area contributed by atoms with Gasteiger partial charge in [-0.05, 0) is 108 Å². The van der Waals surface area contributed by atoms with Crippen LogP contribution in [0.5, 0.6) is 0 Å². The largest absolute Gasteiger partial charge is 0.344 e. The lowest BCUT2D eigenvalue weighted by molar-refractivity contribution is -0.438. The van der Waals surface area contributed by atoms with Crippen molar-refractivity contribution in [1.29, 1.82) is 0 Å². The van der Waals surface area contributed by atoms with E-state index in [0.717, 1.165) is 31.8 Å². The highest BCUT2D eigenvalue weighted by Crippen LogP contribution is 2.51. The molecule has 300 valence electrons. The minimum absolute atomic E-state index is 0.0886. The third-order valence-corrected chi connectivity index (χ3v) is 14.8.